The quantitative estimate of drug-likeness (QED) is 0.752. The van der Waals surface area contributed by atoms with Gasteiger partial charge in [0.1, 0.15) is 5.75 Å². The molecule has 0 atom stereocenters. The Bertz CT molecular complexity index is 813. The summed E-state index contributed by atoms with van der Waals surface area (Å²) in [5, 5.41) is 2.66. The lowest BCUT2D eigenvalue weighted by molar-refractivity contribution is -0.118. The van der Waals surface area contributed by atoms with Crippen LogP contribution in [0.2, 0.25) is 0 Å². The Balaban J connectivity index is 1.89. The van der Waals surface area contributed by atoms with Crippen molar-refractivity contribution in [3.8, 4) is 5.75 Å². The van der Waals surface area contributed by atoms with Gasteiger partial charge in [0.25, 0.3) is 5.91 Å². The van der Waals surface area contributed by atoms with Gasteiger partial charge in [0.05, 0.1) is 24.3 Å². The molecule has 0 radical (unpaired) electrons. The molecule has 0 bridgehead atoms. The van der Waals surface area contributed by atoms with Gasteiger partial charge in [-0.15, -0.1) is 0 Å². The van der Waals surface area contributed by atoms with Gasteiger partial charge in [-0.05, 0) is 56.3 Å². The zero-order valence-electron chi connectivity index (χ0n) is 15.4. The smallest absolute Gasteiger partial charge is 0.338 e. The highest BCUT2D eigenvalue weighted by Gasteiger charge is 2.10. The van der Waals surface area contributed by atoms with E-state index in [1.807, 2.05) is 0 Å². The number of esters is 2. The number of rotatable bonds is 7. The maximum atomic E-state index is 12.0. The molecule has 142 valence electrons. The molecule has 27 heavy (non-hydrogen) atoms. The Labute approximate surface area is 157 Å². The molecule has 0 aliphatic carbocycles. The van der Waals surface area contributed by atoms with Crippen molar-refractivity contribution in [3.05, 3.63) is 59.7 Å². The molecule has 0 fully saturated rings. The van der Waals surface area contributed by atoms with E-state index in [4.69, 9.17) is 9.47 Å². The average Bonchev–Trinajstić information content (AvgIpc) is 2.66. The first-order valence-electron chi connectivity index (χ1n) is 8.31. The van der Waals surface area contributed by atoms with Gasteiger partial charge in [0, 0.05) is 5.69 Å². The highest BCUT2D eigenvalue weighted by molar-refractivity contribution is 5.94. The van der Waals surface area contributed by atoms with E-state index < -0.39 is 11.9 Å². The Hall–Kier alpha value is -3.35. The first kappa shape index (κ1) is 20.0. The molecule has 0 aliphatic rings. The third-order valence-electron chi connectivity index (χ3n) is 3.37. The van der Waals surface area contributed by atoms with E-state index >= 15 is 0 Å². The molecule has 1 N–H and O–H groups in total. The molecule has 7 nitrogen and oxygen atoms in total. The monoisotopic (exact) mass is 371 g/mol. The largest absolute Gasteiger partial charge is 0.484 e. The van der Waals surface area contributed by atoms with Gasteiger partial charge in [-0.1, -0.05) is 6.07 Å². The summed E-state index contributed by atoms with van der Waals surface area (Å²) in [7, 11) is 1.29. The minimum atomic E-state index is -0.485. The number of hydrogen-bond acceptors (Lipinski definition) is 6. The summed E-state index contributed by atoms with van der Waals surface area (Å²) in [6.45, 7) is 3.31. The fourth-order valence-electron chi connectivity index (χ4n) is 2.15. The highest BCUT2D eigenvalue weighted by Crippen LogP contribution is 2.15. The van der Waals surface area contributed by atoms with Gasteiger partial charge in [0.2, 0.25) is 0 Å². The van der Waals surface area contributed by atoms with E-state index in [1.165, 1.54) is 13.2 Å². The summed E-state index contributed by atoms with van der Waals surface area (Å²) in [5.74, 6) is -0.909. The average molecular weight is 371 g/mol. The van der Waals surface area contributed by atoms with Crippen LogP contribution in [-0.2, 0) is 14.3 Å². The third-order valence-corrected chi connectivity index (χ3v) is 3.37. The van der Waals surface area contributed by atoms with Gasteiger partial charge < -0.3 is 19.5 Å². The van der Waals surface area contributed by atoms with E-state index in [2.05, 4.69) is 10.1 Å². The summed E-state index contributed by atoms with van der Waals surface area (Å²) in [6.07, 6.45) is -0.202. The van der Waals surface area contributed by atoms with Gasteiger partial charge in [0.15, 0.2) is 6.61 Å². The predicted molar refractivity (Wildman–Crippen MR) is 98.9 cm³/mol. The lowest BCUT2D eigenvalue weighted by atomic mass is 10.2. The summed E-state index contributed by atoms with van der Waals surface area (Å²) < 4.78 is 15.1. The number of carbonyl (C=O) groups is 3. The molecule has 2 aromatic carbocycles. The molecular formula is C20H21NO6. The number of hydrogen-bond donors (Lipinski definition) is 1. The molecule has 0 saturated heterocycles. The van der Waals surface area contributed by atoms with Gasteiger partial charge in [-0.25, -0.2) is 9.59 Å². The van der Waals surface area contributed by atoms with Crippen molar-refractivity contribution in [2.75, 3.05) is 19.0 Å². The molecule has 0 saturated carbocycles. The second-order valence-electron chi connectivity index (χ2n) is 5.89. The zero-order chi connectivity index (χ0) is 19.8. The Morgan fingerprint density at radius 3 is 2.30 bits per heavy atom. The van der Waals surface area contributed by atoms with Crippen LogP contribution in [0.15, 0.2) is 48.5 Å². The minimum absolute atomic E-state index is 0.202. The highest BCUT2D eigenvalue weighted by atomic mass is 16.5. The minimum Gasteiger partial charge on any atom is -0.484 e. The molecule has 0 heterocycles. The van der Waals surface area contributed by atoms with Crippen molar-refractivity contribution < 1.29 is 28.6 Å². The number of ether oxygens (including phenoxy) is 3. The summed E-state index contributed by atoms with van der Waals surface area (Å²) in [6, 6.07) is 12.7. The van der Waals surface area contributed by atoms with E-state index in [0.29, 0.717) is 22.6 Å². The molecule has 7 heteroatoms. The number of methoxy groups -OCH3 is 1. The molecule has 2 aromatic rings. The van der Waals surface area contributed by atoms with Crippen molar-refractivity contribution in [2.45, 2.75) is 20.0 Å². The van der Waals surface area contributed by atoms with E-state index in [9.17, 15) is 14.4 Å². The van der Waals surface area contributed by atoms with Crippen LogP contribution in [-0.4, -0.2) is 37.7 Å². The number of carbonyl (C=O) groups excluding carboxylic acids is 3. The van der Waals surface area contributed by atoms with Crippen LogP contribution < -0.4 is 10.1 Å². The lowest BCUT2D eigenvalue weighted by Gasteiger charge is -2.10. The van der Waals surface area contributed by atoms with E-state index in [-0.39, 0.29) is 18.6 Å². The van der Waals surface area contributed by atoms with E-state index in [1.54, 1.807) is 56.3 Å². The molecular weight excluding hydrogens is 350 g/mol. The second kappa shape index (κ2) is 9.38. The van der Waals surface area contributed by atoms with Crippen molar-refractivity contribution in [1.82, 2.24) is 0 Å². The standard InChI is InChI=1S/C20H21NO6/c1-13(2)27-20(24)14-7-9-16(10-8-14)21-18(22)12-26-17-6-4-5-15(11-17)19(23)25-3/h4-11,13H,12H2,1-3H3,(H,21,22). The van der Waals surface area contributed by atoms with Crippen LogP contribution in [0.4, 0.5) is 5.69 Å². The number of benzene rings is 2. The maximum absolute atomic E-state index is 12.0. The SMILES string of the molecule is COC(=O)c1cccc(OCC(=O)Nc2ccc(C(=O)OC(C)C)cc2)c1. The van der Waals surface area contributed by atoms with Crippen LogP contribution in [0.3, 0.4) is 0 Å². The van der Waals surface area contributed by atoms with Crippen molar-refractivity contribution in [3.63, 3.8) is 0 Å². The first-order valence-corrected chi connectivity index (χ1v) is 8.31. The van der Waals surface area contributed by atoms with E-state index in [0.717, 1.165) is 0 Å². The Morgan fingerprint density at radius 2 is 1.67 bits per heavy atom. The van der Waals surface area contributed by atoms with Crippen LogP contribution in [0, 0.1) is 0 Å². The van der Waals surface area contributed by atoms with Crippen molar-refractivity contribution in [1.29, 1.82) is 0 Å². The molecule has 0 aliphatic heterocycles. The molecule has 0 spiro atoms. The van der Waals surface area contributed by atoms with Crippen molar-refractivity contribution in [2.24, 2.45) is 0 Å². The normalized spacial score (nSPS) is 10.2. The number of nitrogens with one attached hydrogen (secondary N) is 1. The summed E-state index contributed by atoms with van der Waals surface area (Å²) in [5.41, 5.74) is 1.25. The van der Waals surface area contributed by atoms with Crippen molar-refractivity contribution >= 4 is 23.5 Å². The summed E-state index contributed by atoms with van der Waals surface area (Å²) >= 11 is 0. The Kier molecular flexibility index (Phi) is 6.93. The topological polar surface area (TPSA) is 90.9 Å². The van der Waals surface area contributed by atoms with Gasteiger partial charge >= 0.3 is 11.9 Å². The number of amides is 1. The maximum Gasteiger partial charge on any atom is 0.338 e. The number of anilines is 1. The lowest BCUT2D eigenvalue weighted by Crippen LogP contribution is -2.20. The predicted octanol–water partition coefficient (Wildman–Crippen LogP) is 3.06. The zero-order valence-corrected chi connectivity index (χ0v) is 15.4. The first-order chi connectivity index (χ1) is 12.9. The van der Waals surface area contributed by atoms with Crippen LogP contribution in [0.25, 0.3) is 0 Å². The fraction of sp³-hybridized carbons (Fsp3) is 0.250. The molecule has 0 aromatic heterocycles. The molecule has 0 unspecified atom stereocenters. The second-order valence-corrected chi connectivity index (χ2v) is 5.89. The van der Waals surface area contributed by atoms with Crippen LogP contribution >= 0.6 is 0 Å². The van der Waals surface area contributed by atoms with Gasteiger partial charge in [-0.3, -0.25) is 4.79 Å². The third kappa shape index (κ3) is 6.14. The summed E-state index contributed by atoms with van der Waals surface area (Å²) in [4.78, 5) is 35.3. The fourth-order valence-corrected chi connectivity index (χ4v) is 2.15. The molecule has 2 rings (SSSR count). The Morgan fingerprint density at radius 1 is 0.963 bits per heavy atom. The molecule has 1 amide bonds. The van der Waals surface area contributed by atoms with Crippen LogP contribution in [0.1, 0.15) is 34.6 Å². The van der Waals surface area contributed by atoms with Crippen LogP contribution in [0.5, 0.6) is 5.75 Å². The van der Waals surface area contributed by atoms with Gasteiger partial charge in [-0.2, -0.15) is 0 Å².